The summed E-state index contributed by atoms with van der Waals surface area (Å²) in [5.74, 6) is 0. The van der Waals surface area contributed by atoms with E-state index >= 15 is 0 Å². The maximum absolute atomic E-state index is 9.59. The first-order valence-electron chi connectivity index (χ1n) is 7.41. The number of hydrogen-bond acceptors (Lipinski definition) is 2. The number of nitrogens with one attached hydrogen (secondary N) is 1. The van der Waals surface area contributed by atoms with Crippen molar-refractivity contribution < 1.29 is 5.11 Å². The molecule has 0 amide bonds. The molecule has 19 heavy (non-hydrogen) atoms. The summed E-state index contributed by atoms with van der Waals surface area (Å²) in [6.45, 7) is 8.26. The summed E-state index contributed by atoms with van der Waals surface area (Å²) in [6, 6.07) is 9.04. The molecule has 1 fully saturated rings. The molecule has 2 N–H and O–H groups in total. The fourth-order valence-electron chi connectivity index (χ4n) is 2.85. The molecule has 1 aromatic carbocycles. The Labute approximate surface area is 118 Å². The van der Waals surface area contributed by atoms with Gasteiger partial charge in [0, 0.05) is 12.1 Å². The van der Waals surface area contributed by atoms with Gasteiger partial charge in [0.1, 0.15) is 0 Å². The van der Waals surface area contributed by atoms with Gasteiger partial charge in [-0.1, -0.05) is 61.9 Å². The third-order valence-corrected chi connectivity index (χ3v) is 6.42. The van der Waals surface area contributed by atoms with Crippen LogP contribution in [0.3, 0.4) is 0 Å². The molecule has 0 heterocycles. The molecule has 0 bridgehead atoms. The van der Waals surface area contributed by atoms with E-state index in [0.717, 1.165) is 19.4 Å². The van der Waals surface area contributed by atoms with Gasteiger partial charge in [-0.15, -0.1) is 0 Å². The highest BCUT2D eigenvalue weighted by Crippen LogP contribution is 2.29. The van der Waals surface area contributed by atoms with Gasteiger partial charge in [-0.25, -0.2) is 0 Å². The molecule has 0 aromatic heterocycles. The molecule has 0 radical (unpaired) electrons. The minimum Gasteiger partial charge on any atom is -0.394 e. The van der Waals surface area contributed by atoms with Crippen LogP contribution in [-0.2, 0) is 6.54 Å². The van der Waals surface area contributed by atoms with Gasteiger partial charge in [-0.3, -0.25) is 0 Å². The molecule has 1 aliphatic rings. The van der Waals surface area contributed by atoms with Gasteiger partial charge in [-0.2, -0.15) is 0 Å². The van der Waals surface area contributed by atoms with Crippen LogP contribution in [0.4, 0.5) is 0 Å². The van der Waals surface area contributed by atoms with Crippen molar-refractivity contribution in [3.63, 3.8) is 0 Å². The van der Waals surface area contributed by atoms with Gasteiger partial charge in [0.2, 0.25) is 0 Å². The summed E-state index contributed by atoms with van der Waals surface area (Å²) in [4.78, 5) is 0. The van der Waals surface area contributed by atoms with E-state index in [0.29, 0.717) is 0 Å². The van der Waals surface area contributed by atoms with Crippen molar-refractivity contribution in [3.8, 4) is 0 Å². The SMILES string of the molecule is C[Si](C)(C)c1ccc(CNC2(CO)CCCC2)cc1. The first-order valence-corrected chi connectivity index (χ1v) is 10.9. The minimum atomic E-state index is -1.19. The summed E-state index contributed by atoms with van der Waals surface area (Å²) in [6.07, 6.45) is 4.69. The number of aliphatic hydroxyl groups excluding tert-OH is 1. The van der Waals surface area contributed by atoms with Gasteiger partial charge in [-0.05, 0) is 18.4 Å². The van der Waals surface area contributed by atoms with E-state index in [4.69, 9.17) is 0 Å². The Bertz CT molecular complexity index is 402. The van der Waals surface area contributed by atoms with Crippen LogP contribution in [0.5, 0.6) is 0 Å². The predicted octanol–water partition coefficient (Wildman–Crippen LogP) is 2.63. The predicted molar refractivity (Wildman–Crippen MR) is 84.5 cm³/mol. The molecular formula is C16H27NOSi. The molecule has 1 aromatic rings. The average molecular weight is 277 g/mol. The highest BCUT2D eigenvalue weighted by atomic mass is 28.3. The summed E-state index contributed by atoms with van der Waals surface area (Å²) in [5, 5.41) is 14.7. The van der Waals surface area contributed by atoms with Crippen molar-refractivity contribution in [2.45, 2.75) is 57.4 Å². The maximum Gasteiger partial charge on any atom is 0.0775 e. The van der Waals surface area contributed by atoms with E-state index in [2.05, 4.69) is 49.2 Å². The second-order valence-electron chi connectivity index (χ2n) is 6.95. The molecular weight excluding hydrogens is 250 g/mol. The Balaban J connectivity index is 1.96. The normalized spacial score (nSPS) is 18.7. The van der Waals surface area contributed by atoms with Crippen LogP contribution in [0.15, 0.2) is 24.3 Å². The molecule has 106 valence electrons. The van der Waals surface area contributed by atoms with Gasteiger partial charge < -0.3 is 10.4 Å². The molecule has 1 saturated carbocycles. The molecule has 2 nitrogen and oxygen atoms in total. The summed E-state index contributed by atoms with van der Waals surface area (Å²) < 4.78 is 0. The van der Waals surface area contributed by atoms with Gasteiger partial charge in [0.05, 0.1) is 14.7 Å². The van der Waals surface area contributed by atoms with Gasteiger partial charge in [0.15, 0.2) is 0 Å². The summed E-state index contributed by atoms with van der Waals surface area (Å²) in [5.41, 5.74) is 1.30. The topological polar surface area (TPSA) is 32.3 Å². The Hall–Kier alpha value is -0.643. The van der Waals surface area contributed by atoms with Crippen LogP contribution in [0.1, 0.15) is 31.2 Å². The monoisotopic (exact) mass is 277 g/mol. The molecule has 3 heteroatoms. The Morgan fingerprint density at radius 2 is 1.68 bits per heavy atom. The molecule has 0 spiro atoms. The van der Waals surface area contributed by atoms with Crippen LogP contribution in [0.2, 0.25) is 19.6 Å². The number of benzene rings is 1. The second-order valence-corrected chi connectivity index (χ2v) is 12.0. The first-order chi connectivity index (χ1) is 8.95. The number of aliphatic hydroxyl groups is 1. The smallest absolute Gasteiger partial charge is 0.0775 e. The highest BCUT2D eigenvalue weighted by molar-refractivity contribution is 6.88. The highest BCUT2D eigenvalue weighted by Gasteiger charge is 2.32. The van der Waals surface area contributed by atoms with Gasteiger partial charge in [0.25, 0.3) is 0 Å². The largest absolute Gasteiger partial charge is 0.394 e. The van der Waals surface area contributed by atoms with Crippen molar-refractivity contribution in [1.82, 2.24) is 5.32 Å². The average Bonchev–Trinajstić information content (AvgIpc) is 2.85. The fourth-order valence-corrected chi connectivity index (χ4v) is 4.02. The van der Waals surface area contributed by atoms with Crippen molar-refractivity contribution in [1.29, 1.82) is 0 Å². The van der Waals surface area contributed by atoms with E-state index in [1.54, 1.807) is 0 Å². The zero-order chi connectivity index (χ0) is 13.9. The molecule has 0 unspecified atom stereocenters. The summed E-state index contributed by atoms with van der Waals surface area (Å²) in [7, 11) is -1.19. The lowest BCUT2D eigenvalue weighted by Crippen LogP contribution is -2.45. The number of hydrogen-bond donors (Lipinski definition) is 2. The standard InChI is InChI=1S/C16H27NOSi/c1-19(2,3)15-8-6-14(7-9-15)12-17-16(13-18)10-4-5-11-16/h6-9,17-18H,4-5,10-13H2,1-3H3. The number of rotatable bonds is 5. The minimum absolute atomic E-state index is 0.0164. The zero-order valence-corrected chi connectivity index (χ0v) is 13.5. The second kappa shape index (κ2) is 5.78. The van der Waals surface area contributed by atoms with E-state index in [-0.39, 0.29) is 12.1 Å². The third-order valence-electron chi connectivity index (χ3n) is 4.35. The summed E-state index contributed by atoms with van der Waals surface area (Å²) >= 11 is 0. The van der Waals surface area contributed by atoms with Crippen LogP contribution in [0, 0.1) is 0 Å². The molecule has 1 aliphatic carbocycles. The van der Waals surface area contributed by atoms with Gasteiger partial charge >= 0.3 is 0 Å². The van der Waals surface area contributed by atoms with Crippen LogP contribution >= 0.6 is 0 Å². The van der Waals surface area contributed by atoms with E-state index in [9.17, 15) is 5.11 Å². The lowest BCUT2D eigenvalue weighted by atomic mass is 9.98. The first kappa shape index (κ1) is 14.8. The zero-order valence-electron chi connectivity index (χ0n) is 12.5. The van der Waals surface area contributed by atoms with E-state index < -0.39 is 8.07 Å². The Morgan fingerprint density at radius 3 is 2.16 bits per heavy atom. The maximum atomic E-state index is 9.59. The molecule has 0 atom stereocenters. The quantitative estimate of drug-likeness (QED) is 0.811. The lowest BCUT2D eigenvalue weighted by Gasteiger charge is -2.28. The van der Waals surface area contributed by atoms with Crippen molar-refractivity contribution >= 4 is 13.3 Å². The molecule has 0 saturated heterocycles. The lowest BCUT2D eigenvalue weighted by molar-refractivity contribution is 0.163. The van der Waals surface area contributed by atoms with E-state index in [1.807, 2.05) is 0 Å². The Morgan fingerprint density at radius 1 is 1.11 bits per heavy atom. The van der Waals surface area contributed by atoms with Crippen molar-refractivity contribution in [2.24, 2.45) is 0 Å². The molecule has 0 aliphatic heterocycles. The van der Waals surface area contributed by atoms with Crippen LogP contribution < -0.4 is 10.5 Å². The Kier molecular flexibility index (Phi) is 4.49. The van der Waals surface area contributed by atoms with Crippen molar-refractivity contribution in [2.75, 3.05) is 6.61 Å². The van der Waals surface area contributed by atoms with Crippen LogP contribution in [-0.4, -0.2) is 25.3 Å². The van der Waals surface area contributed by atoms with E-state index in [1.165, 1.54) is 23.6 Å². The van der Waals surface area contributed by atoms with Crippen LogP contribution in [0.25, 0.3) is 0 Å². The molecule has 2 rings (SSSR count). The van der Waals surface area contributed by atoms with Crippen molar-refractivity contribution in [3.05, 3.63) is 29.8 Å². The third kappa shape index (κ3) is 3.68. The fraction of sp³-hybridized carbons (Fsp3) is 0.625.